The SMILES string of the molecule is COC(=O)[C@@H]1C[C@@H]2CCCC[C@@H]2N1C(=O)CCNC(=O)OCC(F)(F)F. The summed E-state index contributed by atoms with van der Waals surface area (Å²) < 4.78 is 44.7. The molecule has 1 saturated heterocycles. The van der Waals surface area contributed by atoms with E-state index in [9.17, 15) is 27.6 Å². The molecule has 10 heteroatoms. The number of halogens is 3. The lowest BCUT2D eigenvalue weighted by Gasteiger charge is -2.33. The first-order valence-electron chi connectivity index (χ1n) is 8.59. The number of ether oxygens (including phenoxy) is 2. The van der Waals surface area contributed by atoms with Gasteiger partial charge in [0.15, 0.2) is 6.61 Å². The van der Waals surface area contributed by atoms with Crippen molar-refractivity contribution in [2.45, 2.75) is 56.8 Å². The van der Waals surface area contributed by atoms with Crippen LogP contribution >= 0.6 is 0 Å². The number of alkyl carbamates (subject to hydrolysis) is 1. The van der Waals surface area contributed by atoms with E-state index in [2.05, 4.69) is 10.1 Å². The summed E-state index contributed by atoms with van der Waals surface area (Å²) in [7, 11) is 1.27. The van der Waals surface area contributed by atoms with E-state index in [1.54, 1.807) is 4.90 Å². The molecule has 0 spiro atoms. The first kappa shape index (κ1) is 20.3. The molecule has 1 heterocycles. The Balaban J connectivity index is 1.87. The molecule has 0 radical (unpaired) electrons. The highest BCUT2D eigenvalue weighted by Gasteiger charge is 2.47. The summed E-state index contributed by atoms with van der Waals surface area (Å²) in [4.78, 5) is 37.3. The van der Waals surface area contributed by atoms with Crippen LogP contribution in [-0.2, 0) is 19.1 Å². The van der Waals surface area contributed by atoms with Crippen molar-refractivity contribution in [3.8, 4) is 0 Å². The molecule has 2 fully saturated rings. The Hall–Kier alpha value is -2.00. The Labute approximate surface area is 149 Å². The molecular formula is C16H23F3N2O5. The number of carbonyl (C=O) groups is 3. The molecule has 0 bridgehead atoms. The van der Waals surface area contributed by atoms with Gasteiger partial charge in [-0.2, -0.15) is 13.2 Å². The van der Waals surface area contributed by atoms with Crippen molar-refractivity contribution in [3.63, 3.8) is 0 Å². The molecule has 1 N–H and O–H groups in total. The maximum atomic E-state index is 12.6. The number of hydrogen-bond acceptors (Lipinski definition) is 5. The molecule has 0 aromatic carbocycles. The zero-order chi connectivity index (χ0) is 19.3. The van der Waals surface area contributed by atoms with Gasteiger partial charge in [-0.1, -0.05) is 12.8 Å². The van der Waals surface area contributed by atoms with E-state index < -0.39 is 30.9 Å². The third-order valence-electron chi connectivity index (χ3n) is 4.82. The maximum Gasteiger partial charge on any atom is 0.422 e. The molecule has 26 heavy (non-hydrogen) atoms. The normalized spacial score (nSPS) is 25.4. The summed E-state index contributed by atoms with van der Waals surface area (Å²) in [5.74, 6) is -0.544. The van der Waals surface area contributed by atoms with Gasteiger partial charge in [-0.25, -0.2) is 9.59 Å². The number of esters is 1. The highest BCUT2D eigenvalue weighted by atomic mass is 19.4. The quantitative estimate of drug-likeness (QED) is 0.738. The van der Waals surface area contributed by atoms with Crippen LogP contribution in [0.1, 0.15) is 38.5 Å². The third kappa shape index (κ3) is 5.25. The van der Waals surface area contributed by atoms with Crippen molar-refractivity contribution in [1.29, 1.82) is 0 Å². The minimum absolute atomic E-state index is 0.0301. The summed E-state index contributed by atoms with van der Waals surface area (Å²) in [5, 5.41) is 2.11. The number of hydrogen-bond donors (Lipinski definition) is 1. The summed E-state index contributed by atoms with van der Waals surface area (Å²) in [5.41, 5.74) is 0. The smallest absolute Gasteiger partial charge is 0.422 e. The summed E-state index contributed by atoms with van der Waals surface area (Å²) in [6.07, 6.45) is -1.62. The fraction of sp³-hybridized carbons (Fsp3) is 0.812. The number of likely N-dealkylation sites (tertiary alicyclic amines) is 1. The number of amides is 2. The number of methoxy groups -OCH3 is 1. The molecule has 2 rings (SSSR count). The van der Waals surface area contributed by atoms with Crippen molar-refractivity contribution in [2.75, 3.05) is 20.3 Å². The highest BCUT2D eigenvalue weighted by molar-refractivity contribution is 5.86. The Morgan fingerprint density at radius 1 is 1.19 bits per heavy atom. The molecule has 1 saturated carbocycles. The van der Waals surface area contributed by atoms with E-state index in [0.29, 0.717) is 6.42 Å². The van der Waals surface area contributed by atoms with Gasteiger partial charge in [-0.3, -0.25) is 4.79 Å². The minimum atomic E-state index is -4.60. The zero-order valence-corrected chi connectivity index (χ0v) is 14.5. The van der Waals surface area contributed by atoms with E-state index in [0.717, 1.165) is 25.7 Å². The second kappa shape index (κ2) is 8.59. The lowest BCUT2D eigenvalue weighted by Crippen LogP contribution is -2.47. The number of nitrogens with zero attached hydrogens (tertiary/aromatic N) is 1. The Morgan fingerprint density at radius 3 is 2.54 bits per heavy atom. The van der Waals surface area contributed by atoms with Gasteiger partial charge in [-0.15, -0.1) is 0 Å². The van der Waals surface area contributed by atoms with Crippen molar-refractivity contribution < 1.29 is 37.0 Å². The molecular weight excluding hydrogens is 357 g/mol. The van der Waals surface area contributed by atoms with Gasteiger partial charge < -0.3 is 19.7 Å². The average molecular weight is 380 g/mol. The van der Waals surface area contributed by atoms with Gasteiger partial charge >= 0.3 is 18.2 Å². The summed E-state index contributed by atoms with van der Waals surface area (Å²) in [6.45, 7) is -1.86. The lowest BCUT2D eigenvalue weighted by molar-refractivity contribution is -0.160. The molecule has 148 valence electrons. The molecule has 2 amide bonds. The van der Waals surface area contributed by atoms with Crippen molar-refractivity contribution in [1.82, 2.24) is 10.2 Å². The van der Waals surface area contributed by atoms with Crippen LogP contribution in [0.5, 0.6) is 0 Å². The van der Waals surface area contributed by atoms with Crippen molar-refractivity contribution in [3.05, 3.63) is 0 Å². The first-order valence-corrected chi connectivity index (χ1v) is 8.59. The van der Waals surface area contributed by atoms with Crippen LogP contribution in [0.4, 0.5) is 18.0 Å². The first-order chi connectivity index (χ1) is 12.2. The minimum Gasteiger partial charge on any atom is -0.467 e. The summed E-state index contributed by atoms with van der Waals surface area (Å²) >= 11 is 0. The number of alkyl halides is 3. The van der Waals surface area contributed by atoms with Crippen LogP contribution in [-0.4, -0.2) is 61.4 Å². The molecule has 1 aliphatic carbocycles. The topological polar surface area (TPSA) is 84.9 Å². The molecule has 0 aromatic heterocycles. The van der Waals surface area contributed by atoms with Gasteiger partial charge in [0.05, 0.1) is 7.11 Å². The van der Waals surface area contributed by atoms with Gasteiger partial charge in [-0.05, 0) is 25.2 Å². The summed E-state index contributed by atoms with van der Waals surface area (Å²) in [6, 6.07) is -0.671. The number of fused-ring (bicyclic) bond motifs is 1. The van der Waals surface area contributed by atoms with Gasteiger partial charge in [0.25, 0.3) is 0 Å². The second-order valence-corrected chi connectivity index (χ2v) is 6.56. The molecule has 7 nitrogen and oxygen atoms in total. The van der Waals surface area contributed by atoms with Gasteiger partial charge in [0, 0.05) is 19.0 Å². The van der Waals surface area contributed by atoms with Crippen LogP contribution in [0.25, 0.3) is 0 Å². The fourth-order valence-corrected chi connectivity index (χ4v) is 3.76. The van der Waals surface area contributed by atoms with Crippen LogP contribution in [0, 0.1) is 5.92 Å². The van der Waals surface area contributed by atoms with Crippen molar-refractivity contribution >= 4 is 18.0 Å². The number of nitrogens with one attached hydrogen (secondary N) is 1. The monoisotopic (exact) mass is 380 g/mol. The molecule has 3 atom stereocenters. The van der Waals surface area contributed by atoms with E-state index in [1.807, 2.05) is 0 Å². The maximum absolute atomic E-state index is 12.6. The molecule has 1 aliphatic heterocycles. The Morgan fingerprint density at radius 2 is 1.88 bits per heavy atom. The molecule has 0 unspecified atom stereocenters. The largest absolute Gasteiger partial charge is 0.467 e. The average Bonchev–Trinajstić information content (AvgIpc) is 2.98. The van der Waals surface area contributed by atoms with E-state index in [-0.39, 0.29) is 30.8 Å². The van der Waals surface area contributed by atoms with Crippen LogP contribution in [0.15, 0.2) is 0 Å². The van der Waals surface area contributed by atoms with E-state index in [1.165, 1.54) is 7.11 Å². The van der Waals surface area contributed by atoms with Crippen molar-refractivity contribution in [2.24, 2.45) is 5.92 Å². The van der Waals surface area contributed by atoms with Gasteiger partial charge in [0.1, 0.15) is 6.04 Å². The fourth-order valence-electron chi connectivity index (χ4n) is 3.76. The zero-order valence-electron chi connectivity index (χ0n) is 14.5. The molecule has 2 aliphatic rings. The number of rotatable bonds is 5. The van der Waals surface area contributed by atoms with Gasteiger partial charge in [0.2, 0.25) is 5.91 Å². The molecule has 0 aromatic rings. The highest BCUT2D eigenvalue weighted by Crippen LogP contribution is 2.40. The third-order valence-corrected chi connectivity index (χ3v) is 4.82. The number of carbonyl (C=O) groups excluding carboxylic acids is 3. The standard InChI is InChI=1S/C16H23F3N2O5/c1-25-14(23)12-8-10-4-2-3-5-11(10)21(12)13(22)6-7-20-15(24)26-9-16(17,18)19/h10-12H,2-9H2,1H3,(H,20,24)/t10-,11-,12-/m0/s1. The van der Waals surface area contributed by atoms with Crippen LogP contribution in [0.2, 0.25) is 0 Å². The second-order valence-electron chi connectivity index (χ2n) is 6.56. The predicted octanol–water partition coefficient (Wildman–Crippen LogP) is 2.00. The Bertz CT molecular complexity index is 540. The Kier molecular flexibility index (Phi) is 6.71. The van der Waals surface area contributed by atoms with Crippen LogP contribution in [0.3, 0.4) is 0 Å². The van der Waals surface area contributed by atoms with E-state index >= 15 is 0 Å². The lowest BCUT2D eigenvalue weighted by atomic mass is 9.84. The van der Waals surface area contributed by atoms with E-state index in [4.69, 9.17) is 4.74 Å². The predicted molar refractivity (Wildman–Crippen MR) is 83.0 cm³/mol. The van der Waals surface area contributed by atoms with Crippen LogP contribution < -0.4 is 5.32 Å².